The van der Waals surface area contributed by atoms with Crippen LogP contribution in [0.25, 0.3) is 5.69 Å². The van der Waals surface area contributed by atoms with Crippen LogP contribution in [-0.4, -0.2) is 22.2 Å². The number of carbonyl (C=O) groups is 1. The first-order valence-corrected chi connectivity index (χ1v) is 9.70. The zero-order chi connectivity index (χ0) is 21.5. The predicted molar refractivity (Wildman–Crippen MR) is 111 cm³/mol. The molecule has 0 unspecified atom stereocenters. The summed E-state index contributed by atoms with van der Waals surface area (Å²) in [5.41, 5.74) is 2.18. The van der Waals surface area contributed by atoms with Crippen LogP contribution in [-0.2, 0) is 17.6 Å². The first-order valence-electron chi connectivity index (χ1n) is 9.70. The van der Waals surface area contributed by atoms with E-state index >= 15 is 0 Å². The van der Waals surface area contributed by atoms with Crippen molar-refractivity contribution < 1.29 is 18.3 Å². The number of aromatic nitrogens is 2. The van der Waals surface area contributed by atoms with Crippen molar-refractivity contribution in [2.24, 2.45) is 0 Å². The lowest BCUT2D eigenvalue weighted by atomic mass is 10.1. The normalized spacial score (nSPS) is 10.6. The average Bonchev–Trinajstić information content (AvgIpc) is 3.10. The van der Waals surface area contributed by atoms with Gasteiger partial charge in [-0.1, -0.05) is 31.2 Å². The van der Waals surface area contributed by atoms with Crippen LogP contribution in [0.4, 0.5) is 8.78 Å². The van der Waals surface area contributed by atoms with Crippen LogP contribution in [0, 0.1) is 11.6 Å². The Bertz CT molecular complexity index is 1030. The molecule has 0 aliphatic heterocycles. The van der Waals surface area contributed by atoms with Gasteiger partial charge in [0.1, 0.15) is 5.82 Å². The average molecular weight is 411 g/mol. The number of carbonyl (C=O) groups excluding carboxylic acids is 1. The Hall–Kier alpha value is -3.48. The van der Waals surface area contributed by atoms with Gasteiger partial charge in [-0.25, -0.2) is 13.5 Å². The molecule has 1 N–H and O–H groups in total. The van der Waals surface area contributed by atoms with E-state index in [1.165, 1.54) is 6.07 Å². The van der Waals surface area contributed by atoms with Crippen molar-refractivity contribution in [1.29, 1.82) is 0 Å². The minimum absolute atomic E-state index is 0.117. The molecule has 0 atom stereocenters. The Labute approximate surface area is 174 Å². The highest BCUT2D eigenvalue weighted by Gasteiger charge is 2.22. The number of aryl methyl sites for hydroxylation is 1. The van der Waals surface area contributed by atoms with Crippen molar-refractivity contribution in [2.75, 3.05) is 6.54 Å². The van der Waals surface area contributed by atoms with Crippen molar-refractivity contribution in [1.82, 2.24) is 15.1 Å². The highest BCUT2D eigenvalue weighted by molar-refractivity contribution is 5.76. The van der Waals surface area contributed by atoms with E-state index in [0.29, 0.717) is 30.8 Å². The van der Waals surface area contributed by atoms with Crippen LogP contribution >= 0.6 is 0 Å². The highest BCUT2D eigenvalue weighted by Crippen LogP contribution is 2.33. The van der Waals surface area contributed by atoms with Crippen molar-refractivity contribution in [3.63, 3.8) is 0 Å². The summed E-state index contributed by atoms with van der Waals surface area (Å²) in [6, 6.07) is 12.4. The maximum atomic E-state index is 14.3. The van der Waals surface area contributed by atoms with Crippen LogP contribution in [0.3, 0.4) is 0 Å². The van der Waals surface area contributed by atoms with E-state index in [1.807, 2.05) is 37.3 Å². The second-order valence-corrected chi connectivity index (χ2v) is 6.60. The standard InChI is InChI=1S/C23H23F2N3O2/c1-3-14-26-22(29)13-11-18-20(4-2)27-28(17-8-6-5-7-9-17)23(18)30-21-12-10-16(24)15-19(21)25/h3,5-10,12,15H,1,4,11,13-14H2,2H3,(H,26,29). The molecule has 2 aromatic carbocycles. The van der Waals surface area contributed by atoms with Gasteiger partial charge < -0.3 is 10.1 Å². The van der Waals surface area contributed by atoms with Gasteiger partial charge >= 0.3 is 0 Å². The zero-order valence-corrected chi connectivity index (χ0v) is 16.7. The number of amides is 1. The molecule has 0 aliphatic rings. The molecule has 1 aromatic heterocycles. The molecule has 1 amide bonds. The van der Waals surface area contributed by atoms with Gasteiger partial charge in [0, 0.05) is 24.6 Å². The summed E-state index contributed by atoms with van der Waals surface area (Å²) in [4.78, 5) is 12.1. The molecule has 156 valence electrons. The number of ether oxygens (including phenoxy) is 1. The zero-order valence-electron chi connectivity index (χ0n) is 16.7. The van der Waals surface area contributed by atoms with Crippen LogP contribution < -0.4 is 10.1 Å². The van der Waals surface area contributed by atoms with Gasteiger partial charge in [0.2, 0.25) is 11.8 Å². The van der Waals surface area contributed by atoms with E-state index in [1.54, 1.807) is 10.8 Å². The fourth-order valence-corrected chi connectivity index (χ4v) is 3.04. The largest absolute Gasteiger partial charge is 0.436 e. The topological polar surface area (TPSA) is 56.2 Å². The molecule has 0 spiro atoms. The van der Waals surface area contributed by atoms with E-state index in [2.05, 4.69) is 17.0 Å². The SMILES string of the molecule is C=CCNC(=O)CCc1c(CC)nn(-c2ccccc2)c1Oc1ccc(F)cc1F. The lowest BCUT2D eigenvalue weighted by molar-refractivity contribution is -0.120. The molecular weight excluding hydrogens is 388 g/mol. The Morgan fingerprint density at radius 3 is 2.67 bits per heavy atom. The maximum absolute atomic E-state index is 14.3. The van der Waals surface area contributed by atoms with E-state index in [4.69, 9.17) is 4.74 Å². The third-order valence-corrected chi connectivity index (χ3v) is 4.50. The van der Waals surface area contributed by atoms with Crippen LogP contribution in [0.1, 0.15) is 24.6 Å². The van der Waals surface area contributed by atoms with Gasteiger partial charge in [0.05, 0.1) is 11.4 Å². The minimum Gasteiger partial charge on any atom is -0.436 e. The summed E-state index contributed by atoms with van der Waals surface area (Å²) < 4.78 is 35.1. The number of hydrogen-bond donors (Lipinski definition) is 1. The lowest BCUT2D eigenvalue weighted by Crippen LogP contribution is -2.23. The monoisotopic (exact) mass is 411 g/mol. The molecule has 3 aromatic rings. The molecule has 5 nitrogen and oxygen atoms in total. The Morgan fingerprint density at radius 1 is 1.23 bits per heavy atom. The van der Waals surface area contributed by atoms with E-state index in [9.17, 15) is 13.6 Å². The van der Waals surface area contributed by atoms with Crippen LogP contribution in [0.15, 0.2) is 61.2 Å². The van der Waals surface area contributed by atoms with Crippen molar-refractivity contribution in [3.8, 4) is 17.3 Å². The summed E-state index contributed by atoms with van der Waals surface area (Å²) in [5, 5.41) is 7.37. The van der Waals surface area contributed by atoms with E-state index < -0.39 is 11.6 Å². The number of para-hydroxylation sites is 1. The van der Waals surface area contributed by atoms with Gasteiger partial charge in [0.15, 0.2) is 11.6 Å². The first-order chi connectivity index (χ1) is 14.5. The summed E-state index contributed by atoms with van der Waals surface area (Å²) in [5.74, 6) is -1.45. The number of rotatable bonds is 9. The molecule has 30 heavy (non-hydrogen) atoms. The van der Waals surface area contributed by atoms with Crippen molar-refractivity contribution in [2.45, 2.75) is 26.2 Å². The van der Waals surface area contributed by atoms with Gasteiger partial charge in [0.25, 0.3) is 0 Å². The number of halogens is 2. The molecule has 0 radical (unpaired) electrons. The molecule has 3 rings (SSSR count). The number of benzene rings is 2. The van der Waals surface area contributed by atoms with Gasteiger partial charge in [-0.3, -0.25) is 4.79 Å². The van der Waals surface area contributed by atoms with Crippen LogP contribution in [0.5, 0.6) is 11.6 Å². The fraction of sp³-hybridized carbons (Fsp3) is 0.217. The van der Waals surface area contributed by atoms with Crippen LogP contribution in [0.2, 0.25) is 0 Å². The lowest BCUT2D eigenvalue weighted by Gasteiger charge is -2.12. The second kappa shape index (κ2) is 9.82. The molecule has 0 bridgehead atoms. The Morgan fingerprint density at radius 2 is 2.00 bits per heavy atom. The Balaban J connectivity index is 2.01. The number of nitrogens with zero attached hydrogens (tertiary/aromatic N) is 2. The first kappa shape index (κ1) is 21.2. The van der Waals surface area contributed by atoms with Gasteiger partial charge in [-0.15, -0.1) is 6.58 Å². The highest BCUT2D eigenvalue weighted by atomic mass is 19.1. The third kappa shape index (κ3) is 4.92. The van der Waals surface area contributed by atoms with Gasteiger partial charge in [-0.05, 0) is 37.1 Å². The quantitative estimate of drug-likeness (QED) is 0.518. The molecule has 0 aliphatic carbocycles. The number of hydrogen-bond acceptors (Lipinski definition) is 3. The number of nitrogens with one attached hydrogen (secondary N) is 1. The van der Waals surface area contributed by atoms with E-state index in [0.717, 1.165) is 23.5 Å². The van der Waals surface area contributed by atoms with Gasteiger partial charge in [-0.2, -0.15) is 5.10 Å². The summed E-state index contributed by atoms with van der Waals surface area (Å²) >= 11 is 0. The molecular formula is C23H23F2N3O2. The third-order valence-electron chi connectivity index (χ3n) is 4.50. The maximum Gasteiger partial charge on any atom is 0.226 e. The molecule has 7 heteroatoms. The van der Waals surface area contributed by atoms with Crippen molar-refractivity contribution in [3.05, 3.63) is 84.1 Å². The summed E-state index contributed by atoms with van der Waals surface area (Å²) in [6.45, 7) is 5.91. The Kier molecular flexibility index (Phi) is 6.95. The smallest absolute Gasteiger partial charge is 0.226 e. The fourth-order valence-electron chi connectivity index (χ4n) is 3.04. The molecule has 1 heterocycles. The molecule has 0 saturated heterocycles. The molecule has 0 fully saturated rings. The summed E-state index contributed by atoms with van der Waals surface area (Å²) in [6.07, 6.45) is 2.78. The second-order valence-electron chi connectivity index (χ2n) is 6.60. The summed E-state index contributed by atoms with van der Waals surface area (Å²) in [7, 11) is 0. The van der Waals surface area contributed by atoms with E-state index in [-0.39, 0.29) is 18.1 Å². The predicted octanol–water partition coefficient (Wildman–Crippen LogP) is 4.74. The molecule has 0 saturated carbocycles. The van der Waals surface area contributed by atoms with Crippen molar-refractivity contribution >= 4 is 5.91 Å². The minimum atomic E-state index is -0.816.